The van der Waals surface area contributed by atoms with E-state index in [4.69, 9.17) is 10.2 Å². The Labute approximate surface area is 86.4 Å². The maximum atomic E-state index is 13.2. The van der Waals surface area contributed by atoms with Gasteiger partial charge in [-0.3, -0.25) is 0 Å². The van der Waals surface area contributed by atoms with Crippen molar-refractivity contribution < 1.29 is 19.4 Å². The summed E-state index contributed by atoms with van der Waals surface area (Å²) in [6, 6.07) is 3.62. The number of halogens is 1. The van der Waals surface area contributed by atoms with E-state index in [1.54, 1.807) is 6.92 Å². The highest BCUT2D eigenvalue weighted by Crippen LogP contribution is 2.19. The second-order valence-corrected chi connectivity index (χ2v) is 3.20. The maximum Gasteiger partial charge on any atom is 0.340 e. The molecule has 82 valence electrons. The Morgan fingerprint density at radius 2 is 2.27 bits per heavy atom. The van der Waals surface area contributed by atoms with Gasteiger partial charge in [0.25, 0.3) is 0 Å². The third-order valence-corrected chi connectivity index (χ3v) is 1.90. The molecule has 0 aromatic heterocycles. The summed E-state index contributed by atoms with van der Waals surface area (Å²) in [5, 5.41) is 20.3. The van der Waals surface area contributed by atoms with Crippen molar-refractivity contribution in [1.82, 2.24) is 0 Å². The smallest absolute Gasteiger partial charge is 0.340 e. The number of rotatable bonds is 4. The Morgan fingerprint density at radius 3 is 2.80 bits per heavy atom. The molecule has 0 fully saturated rings. The molecule has 0 aliphatic heterocycles. The fraction of sp³-hybridized carbons (Fsp3) is 0.300. The lowest BCUT2D eigenvalue weighted by Crippen LogP contribution is -2.21. The van der Waals surface area contributed by atoms with E-state index in [9.17, 15) is 9.18 Å². The number of aliphatic hydroxyl groups is 1. The van der Waals surface area contributed by atoms with Gasteiger partial charge in [0.2, 0.25) is 0 Å². The summed E-state index contributed by atoms with van der Waals surface area (Å²) >= 11 is 0. The van der Waals surface area contributed by atoms with Crippen molar-refractivity contribution >= 4 is 11.7 Å². The summed E-state index contributed by atoms with van der Waals surface area (Å²) in [4.78, 5) is 10.8. The average Bonchev–Trinajstić information content (AvgIpc) is 2.17. The normalized spacial score (nSPS) is 12.2. The monoisotopic (exact) mass is 213 g/mol. The van der Waals surface area contributed by atoms with Crippen molar-refractivity contribution in [3.63, 3.8) is 0 Å². The summed E-state index contributed by atoms with van der Waals surface area (Å²) in [6.07, 6.45) is 0. The number of hydrogen-bond donors (Lipinski definition) is 3. The molecule has 0 aliphatic carbocycles. The first-order valence-electron chi connectivity index (χ1n) is 4.45. The second-order valence-electron chi connectivity index (χ2n) is 3.20. The molecule has 0 saturated carbocycles. The number of benzene rings is 1. The van der Waals surface area contributed by atoms with Crippen LogP contribution in [0.15, 0.2) is 18.2 Å². The zero-order valence-corrected chi connectivity index (χ0v) is 8.20. The van der Waals surface area contributed by atoms with E-state index in [-0.39, 0.29) is 18.3 Å². The van der Waals surface area contributed by atoms with Crippen LogP contribution in [0.2, 0.25) is 0 Å². The summed E-state index contributed by atoms with van der Waals surface area (Å²) in [7, 11) is 0. The van der Waals surface area contributed by atoms with Crippen LogP contribution in [0, 0.1) is 5.82 Å². The third-order valence-electron chi connectivity index (χ3n) is 1.90. The molecule has 0 amide bonds. The number of nitrogens with one attached hydrogen (secondary N) is 1. The topological polar surface area (TPSA) is 69.6 Å². The van der Waals surface area contributed by atoms with Gasteiger partial charge in [-0.05, 0) is 19.1 Å². The Balaban J connectivity index is 3.06. The maximum absolute atomic E-state index is 13.2. The Hall–Kier alpha value is -1.62. The zero-order chi connectivity index (χ0) is 11.4. The van der Waals surface area contributed by atoms with Crippen molar-refractivity contribution in [2.24, 2.45) is 0 Å². The predicted octanol–water partition coefficient (Wildman–Crippen LogP) is 1.32. The van der Waals surface area contributed by atoms with E-state index in [0.29, 0.717) is 0 Å². The highest BCUT2D eigenvalue weighted by atomic mass is 19.1. The molecule has 1 aromatic carbocycles. The van der Waals surface area contributed by atoms with E-state index in [2.05, 4.69) is 5.32 Å². The van der Waals surface area contributed by atoms with Crippen molar-refractivity contribution in [2.75, 3.05) is 11.9 Å². The van der Waals surface area contributed by atoms with Gasteiger partial charge >= 0.3 is 5.97 Å². The van der Waals surface area contributed by atoms with E-state index in [1.165, 1.54) is 12.1 Å². The van der Waals surface area contributed by atoms with Crippen molar-refractivity contribution in [1.29, 1.82) is 0 Å². The standard InChI is InChI=1S/C10H12FNO3/c1-6(5-13)12-8-4-2-3-7(11)9(8)10(14)15/h2-4,6,12-13H,5H2,1H3,(H,14,15). The molecule has 3 N–H and O–H groups in total. The molecule has 0 spiro atoms. The molecule has 0 radical (unpaired) electrons. The van der Waals surface area contributed by atoms with Crippen LogP contribution < -0.4 is 5.32 Å². The predicted molar refractivity (Wildman–Crippen MR) is 53.5 cm³/mol. The number of carboxylic acid groups (broad SMARTS) is 1. The molecular weight excluding hydrogens is 201 g/mol. The van der Waals surface area contributed by atoms with Crippen LogP contribution >= 0.6 is 0 Å². The molecule has 0 aliphatic rings. The SMILES string of the molecule is CC(CO)Nc1cccc(F)c1C(=O)O. The van der Waals surface area contributed by atoms with Crippen LogP contribution in [0.5, 0.6) is 0 Å². The Bertz CT molecular complexity index is 368. The molecule has 4 nitrogen and oxygen atoms in total. The van der Waals surface area contributed by atoms with Gasteiger partial charge in [-0.25, -0.2) is 9.18 Å². The Morgan fingerprint density at radius 1 is 1.60 bits per heavy atom. The van der Waals surface area contributed by atoms with Crippen molar-refractivity contribution in [2.45, 2.75) is 13.0 Å². The van der Waals surface area contributed by atoms with Gasteiger partial charge in [-0.1, -0.05) is 6.07 Å². The van der Waals surface area contributed by atoms with Gasteiger partial charge in [-0.2, -0.15) is 0 Å². The molecule has 0 bridgehead atoms. The van der Waals surface area contributed by atoms with Gasteiger partial charge in [0.05, 0.1) is 12.3 Å². The average molecular weight is 213 g/mol. The number of carboxylic acids is 1. The number of hydrogen-bond acceptors (Lipinski definition) is 3. The largest absolute Gasteiger partial charge is 0.478 e. The van der Waals surface area contributed by atoms with E-state index in [0.717, 1.165) is 6.07 Å². The van der Waals surface area contributed by atoms with Crippen molar-refractivity contribution in [3.8, 4) is 0 Å². The minimum Gasteiger partial charge on any atom is -0.478 e. The number of aromatic carboxylic acids is 1. The first-order valence-corrected chi connectivity index (χ1v) is 4.45. The van der Waals surface area contributed by atoms with Crippen LogP contribution in [0.4, 0.5) is 10.1 Å². The molecule has 1 rings (SSSR count). The van der Waals surface area contributed by atoms with Crippen LogP contribution in [-0.2, 0) is 0 Å². The van der Waals surface area contributed by atoms with Gasteiger partial charge in [-0.15, -0.1) is 0 Å². The lowest BCUT2D eigenvalue weighted by atomic mass is 10.1. The quantitative estimate of drug-likeness (QED) is 0.705. The molecule has 1 unspecified atom stereocenters. The molecule has 1 atom stereocenters. The highest BCUT2D eigenvalue weighted by molar-refractivity contribution is 5.94. The first kappa shape index (κ1) is 11.5. The fourth-order valence-electron chi connectivity index (χ4n) is 1.17. The molecule has 15 heavy (non-hydrogen) atoms. The van der Waals surface area contributed by atoms with Crippen LogP contribution in [0.25, 0.3) is 0 Å². The molecule has 5 heteroatoms. The summed E-state index contributed by atoms with van der Waals surface area (Å²) in [5.41, 5.74) is -0.234. The summed E-state index contributed by atoms with van der Waals surface area (Å²) < 4.78 is 13.2. The summed E-state index contributed by atoms with van der Waals surface area (Å²) in [6.45, 7) is 1.51. The molecule has 0 saturated heterocycles. The van der Waals surface area contributed by atoms with Crippen LogP contribution in [0.3, 0.4) is 0 Å². The summed E-state index contributed by atoms with van der Waals surface area (Å²) in [5.74, 6) is -2.13. The molecule has 0 heterocycles. The minimum atomic E-state index is -1.33. The number of aliphatic hydroxyl groups excluding tert-OH is 1. The van der Waals surface area contributed by atoms with E-state index < -0.39 is 17.3 Å². The van der Waals surface area contributed by atoms with E-state index >= 15 is 0 Å². The highest BCUT2D eigenvalue weighted by Gasteiger charge is 2.16. The number of anilines is 1. The lowest BCUT2D eigenvalue weighted by molar-refractivity contribution is 0.0693. The third kappa shape index (κ3) is 2.66. The van der Waals surface area contributed by atoms with Crippen LogP contribution in [0.1, 0.15) is 17.3 Å². The second kappa shape index (κ2) is 4.75. The van der Waals surface area contributed by atoms with Gasteiger partial charge in [0, 0.05) is 6.04 Å². The molecular formula is C10H12FNO3. The van der Waals surface area contributed by atoms with Crippen LogP contribution in [-0.4, -0.2) is 28.8 Å². The van der Waals surface area contributed by atoms with Crippen molar-refractivity contribution in [3.05, 3.63) is 29.6 Å². The zero-order valence-electron chi connectivity index (χ0n) is 8.20. The number of carbonyl (C=O) groups is 1. The van der Waals surface area contributed by atoms with Gasteiger partial charge in [0.1, 0.15) is 11.4 Å². The first-order chi connectivity index (χ1) is 7.06. The van der Waals surface area contributed by atoms with Gasteiger partial charge in [0.15, 0.2) is 0 Å². The fourth-order valence-corrected chi connectivity index (χ4v) is 1.17. The lowest BCUT2D eigenvalue weighted by Gasteiger charge is -2.14. The van der Waals surface area contributed by atoms with Gasteiger partial charge < -0.3 is 15.5 Å². The Kier molecular flexibility index (Phi) is 3.62. The minimum absolute atomic E-state index is 0.157. The molecule has 1 aromatic rings. The van der Waals surface area contributed by atoms with E-state index in [1.807, 2.05) is 0 Å².